The number of para-hydroxylation sites is 1. The van der Waals surface area contributed by atoms with Crippen molar-refractivity contribution >= 4 is 21.6 Å². The van der Waals surface area contributed by atoms with Crippen LogP contribution in [0.25, 0.3) is 0 Å². The molecule has 1 rings (SSSR count). The van der Waals surface area contributed by atoms with Crippen LogP contribution in [-0.4, -0.2) is 39.3 Å². The lowest BCUT2D eigenvalue weighted by Gasteiger charge is -2.17. The number of nitrogens with one attached hydrogen (secondary N) is 1. The minimum absolute atomic E-state index is 0.135. The number of carbonyl (C=O) groups excluding carboxylic acids is 1. The number of benzene rings is 1. The molecular weight excluding hydrogens is 266 g/mol. The highest BCUT2D eigenvalue weighted by Gasteiger charge is 2.20. The molecule has 0 unspecified atom stereocenters. The van der Waals surface area contributed by atoms with E-state index >= 15 is 0 Å². The van der Waals surface area contributed by atoms with E-state index in [-0.39, 0.29) is 24.6 Å². The van der Waals surface area contributed by atoms with Gasteiger partial charge in [0.2, 0.25) is 15.9 Å². The van der Waals surface area contributed by atoms with E-state index in [1.165, 1.54) is 18.4 Å². The van der Waals surface area contributed by atoms with Crippen LogP contribution in [0.15, 0.2) is 24.3 Å². The van der Waals surface area contributed by atoms with Gasteiger partial charge in [0.15, 0.2) is 0 Å². The maximum atomic E-state index is 12.1. The first-order valence-corrected chi connectivity index (χ1v) is 7.45. The molecule has 0 spiro atoms. The maximum Gasteiger partial charge on any atom is 0.221 e. The van der Waals surface area contributed by atoms with E-state index < -0.39 is 10.0 Å². The Hall–Kier alpha value is -1.60. The van der Waals surface area contributed by atoms with Crippen LogP contribution in [0.4, 0.5) is 5.69 Å². The highest BCUT2D eigenvalue weighted by atomic mass is 32.2. The molecule has 106 valence electrons. The standard InChI is InChI=1S/C12H19N3O3S/c1-14-12(16)7-8-15(2)19(17,18)9-10-5-3-4-6-11(10)13/h3-6H,7-9,13H2,1-2H3,(H,14,16). The van der Waals surface area contributed by atoms with E-state index in [4.69, 9.17) is 5.73 Å². The molecule has 1 aromatic carbocycles. The SMILES string of the molecule is CNC(=O)CCN(C)S(=O)(=O)Cc1ccccc1N. The second-order valence-electron chi connectivity index (χ2n) is 4.20. The van der Waals surface area contributed by atoms with Crippen LogP contribution in [0.3, 0.4) is 0 Å². The second kappa shape index (κ2) is 6.53. The summed E-state index contributed by atoms with van der Waals surface area (Å²) in [6.45, 7) is 0.148. The van der Waals surface area contributed by atoms with Crippen molar-refractivity contribution in [2.24, 2.45) is 0 Å². The third kappa shape index (κ3) is 4.53. The summed E-state index contributed by atoms with van der Waals surface area (Å²) in [4.78, 5) is 11.1. The van der Waals surface area contributed by atoms with Gasteiger partial charge >= 0.3 is 0 Å². The van der Waals surface area contributed by atoms with Crippen LogP contribution < -0.4 is 11.1 Å². The van der Waals surface area contributed by atoms with Gasteiger partial charge in [-0.1, -0.05) is 18.2 Å². The van der Waals surface area contributed by atoms with Crippen LogP contribution in [-0.2, 0) is 20.6 Å². The molecule has 0 bridgehead atoms. The predicted molar refractivity (Wildman–Crippen MR) is 74.8 cm³/mol. The van der Waals surface area contributed by atoms with E-state index in [0.717, 1.165) is 0 Å². The van der Waals surface area contributed by atoms with Gasteiger partial charge in [0.05, 0.1) is 5.75 Å². The molecular formula is C12H19N3O3S. The first-order chi connectivity index (χ1) is 8.86. The molecule has 0 aliphatic rings. The number of nitrogen functional groups attached to an aromatic ring is 1. The van der Waals surface area contributed by atoms with Gasteiger partial charge in [0.1, 0.15) is 0 Å². The summed E-state index contributed by atoms with van der Waals surface area (Å²) in [5.41, 5.74) is 6.74. The average molecular weight is 285 g/mol. The Morgan fingerprint density at radius 2 is 2.00 bits per heavy atom. The van der Waals surface area contributed by atoms with Gasteiger partial charge in [0, 0.05) is 32.7 Å². The van der Waals surface area contributed by atoms with Gasteiger partial charge < -0.3 is 11.1 Å². The Balaban J connectivity index is 2.70. The average Bonchev–Trinajstić information content (AvgIpc) is 2.37. The van der Waals surface area contributed by atoms with Gasteiger partial charge in [0.25, 0.3) is 0 Å². The number of hydrogen-bond donors (Lipinski definition) is 2. The molecule has 0 radical (unpaired) electrons. The van der Waals surface area contributed by atoms with Gasteiger partial charge in [-0.3, -0.25) is 4.79 Å². The van der Waals surface area contributed by atoms with Crippen LogP contribution in [0.1, 0.15) is 12.0 Å². The molecule has 3 N–H and O–H groups in total. The van der Waals surface area contributed by atoms with Crippen molar-refractivity contribution in [1.29, 1.82) is 0 Å². The molecule has 0 aromatic heterocycles. The number of hydrogen-bond acceptors (Lipinski definition) is 4. The quantitative estimate of drug-likeness (QED) is 0.729. The topological polar surface area (TPSA) is 92.5 Å². The van der Waals surface area contributed by atoms with Crippen LogP contribution >= 0.6 is 0 Å². The zero-order chi connectivity index (χ0) is 14.5. The second-order valence-corrected chi connectivity index (χ2v) is 6.28. The molecule has 0 saturated heterocycles. The molecule has 19 heavy (non-hydrogen) atoms. The predicted octanol–water partition coefficient (Wildman–Crippen LogP) is 0.167. The number of nitrogens with two attached hydrogens (primary N) is 1. The molecule has 1 aromatic rings. The van der Waals surface area contributed by atoms with E-state index in [9.17, 15) is 13.2 Å². The van der Waals surface area contributed by atoms with Crippen molar-refractivity contribution in [3.05, 3.63) is 29.8 Å². The maximum absolute atomic E-state index is 12.1. The summed E-state index contributed by atoms with van der Waals surface area (Å²) in [7, 11) is -0.495. The fourth-order valence-electron chi connectivity index (χ4n) is 1.50. The largest absolute Gasteiger partial charge is 0.398 e. The summed E-state index contributed by atoms with van der Waals surface area (Å²) >= 11 is 0. The summed E-state index contributed by atoms with van der Waals surface area (Å²) in [5, 5.41) is 2.45. The van der Waals surface area contributed by atoms with E-state index in [2.05, 4.69) is 5.32 Å². The van der Waals surface area contributed by atoms with E-state index in [0.29, 0.717) is 11.3 Å². The molecule has 0 heterocycles. The van der Waals surface area contributed by atoms with E-state index in [1.54, 1.807) is 24.3 Å². The Morgan fingerprint density at radius 1 is 1.37 bits per heavy atom. The Kier molecular flexibility index (Phi) is 5.31. The van der Waals surface area contributed by atoms with Gasteiger partial charge in [-0.2, -0.15) is 0 Å². The molecule has 0 fully saturated rings. The Bertz CT molecular complexity index is 543. The number of carbonyl (C=O) groups is 1. The normalized spacial score (nSPS) is 11.5. The number of rotatable bonds is 6. The molecule has 0 aliphatic carbocycles. The number of sulfonamides is 1. The summed E-state index contributed by atoms with van der Waals surface area (Å²) in [6, 6.07) is 6.83. The van der Waals surface area contributed by atoms with Crippen molar-refractivity contribution in [3.8, 4) is 0 Å². The van der Waals surface area contributed by atoms with Crippen molar-refractivity contribution in [1.82, 2.24) is 9.62 Å². The highest BCUT2D eigenvalue weighted by molar-refractivity contribution is 7.88. The fourth-order valence-corrected chi connectivity index (χ4v) is 2.74. The molecule has 7 heteroatoms. The minimum atomic E-state index is -3.47. The molecule has 0 atom stereocenters. The van der Waals surface area contributed by atoms with Crippen molar-refractivity contribution < 1.29 is 13.2 Å². The van der Waals surface area contributed by atoms with Gasteiger partial charge in [-0.25, -0.2) is 12.7 Å². The number of nitrogens with zero attached hydrogens (tertiary/aromatic N) is 1. The first kappa shape index (κ1) is 15.5. The summed E-state index contributed by atoms with van der Waals surface area (Å²) in [6.07, 6.45) is 0.135. The lowest BCUT2D eigenvalue weighted by atomic mass is 10.2. The van der Waals surface area contributed by atoms with Crippen molar-refractivity contribution in [2.75, 3.05) is 26.4 Å². The first-order valence-electron chi connectivity index (χ1n) is 5.85. The number of anilines is 1. The van der Waals surface area contributed by atoms with Crippen LogP contribution in [0, 0.1) is 0 Å². The molecule has 6 nitrogen and oxygen atoms in total. The fraction of sp³-hybridized carbons (Fsp3) is 0.417. The third-order valence-corrected chi connectivity index (χ3v) is 4.61. The van der Waals surface area contributed by atoms with Crippen LogP contribution in [0.5, 0.6) is 0 Å². The smallest absolute Gasteiger partial charge is 0.221 e. The molecule has 0 aliphatic heterocycles. The monoisotopic (exact) mass is 285 g/mol. The zero-order valence-corrected chi connectivity index (χ0v) is 11.9. The van der Waals surface area contributed by atoms with Crippen LogP contribution in [0.2, 0.25) is 0 Å². The summed E-state index contributed by atoms with van der Waals surface area (Å²) in [5.74, 6) is -0.356. The highest BCUT2D eigenvalue weighted by Crippen LogP contribution is 2.16. The van der Waals surface area contributed by atoms with Gasteiger partial charge in [-0.05, 0) is 11.6 Å². The lowest BCUT2D eigenvalue weighted by molar-refractivity contribution is -0.120. The van der Waals surface area contributed by atoms with Crippen molar-refractivity contribution in [2.45, 2.75) is 12.2 Å². The van der Waals surface area contributed by atoms with Gasteiger partial charge in [-0.15, -0.1) is 0 Å². The lowest BCUT2D eigenvalue weighted by Crippen LogP contribution is -2.32. The van der Waals surface area contributed by atoms with E-state index in [1.807, 2.05) is 0 Å². The zero-order valence-electron chi connectivity index (χ0n) is 11.1. The molecule has 1 amide bonds. The van der Waals surface area contributed by atoms with Crippen molar-refractivity contribution in [3.63, 3.8) is 0 Å². The minimum Gasteiger partial charge on any atom is -0.398 e. The number of amides is 1. The molecule has 0 saturated carbocycles. The summed E-state index contributed by atoms with van der Waals surface area (Å²) < 4.78 is 25.4. The Labute approximate surface area is 113 Å². The third-order valence-electron chi connectivity index (χ3n) is 2.80. The Morgan fingerprint density at radius 3 is 2.58 bits per heavy atom.